The third-order valence-corrected chi connectivity index (χ3v) is 2.92. The summed E-state index contributed by atoms with van der Waals surface area (Å²) in [6.45, 7) is 0.614. The first-order valence-electron chi connectivity index (χ1n) is 4.22. The van der Waals surface area contributed by atoms with Crippen LogP contribution in [0.25, 0.3) is 0 Å². The topological polar surface area (TPSA) is 26.3 Å². The van der Waals surface area contributed by atoms with Gasteiger partial charge in [-0.2, -0.15) is 0 Å². The number of rotatable bonds is 5. The van der Waals surface area contributed by atoms with Crippen LogP contribution < -0.4 is 4.74 Å². The molecule has 1 aromatic carbocycles. The van der Waals surface area contributed by atoms with Crippen LogP contribution in [0.4, 0.5) is 0 Å². The Labute approximate surface area is 99.9 Å². The largest absolute Gasteiger partial charge is 0.493 e. The number of alkyl halides is 1. The molecule has 76 valence electrons. The highest BCUT2D eigenvalue weighted by Crippen LogP contribution is 2.24. The monoisotopic (exact) mass is 320 g/mol. The highest BCUT2D eigenvalue weighted by molar-refractivity contribution is 9.10. The predicted molar refractivity (Wildman–Crippen MR) is 63.4 cm³/mol. The summed E-state index contributed by atoms with van der Waals surface area (Å²) >= 11 is 6.61. The van der Waals surface area contributed by atoms with Crippen LogP contribution in [-0.2, 0) is 0 Å². The van der Waals surface area contributed by atoms with E-state index in [1.165, 1.54) is 0 Å². The Bertz CT molecular complexity index is 313. The summed E-state index contributed by atoms with van der Waals surface area (Å²) in [5.74, 6) is 0.635. The van der Waals surface area contributed by atoms with Crippen molar-refractivity contribution in [2.24, 2.45) is 0 Å². The molecule has 0 aliphatic carbocycles. The van der Waals surface area contributed by atoms with Crippen molar-refractivity contribution in [3.05, 3.63) is 28.2 Å². The summed E-state index contributed by atoms with van der Waals surface area (Å²) in [6.07, 6.45) is 1.72. The van der Waals surface area contributed by atoms with Gasteiger partial charge in [0.05, 0.1) is 12.2 Å². The highest BCUT2D eigenvalue weighted by Gasteiger charge is 2.05. The summed E-state index contributed by atoms with van der Waals surface area (Å²) in [7, 11) is 0. The zero-order valence-electron chi connectivity index (χ0n) is 7.50. The first-order chi connectivity index (χ1) is 6.79. The van der Waals surface area contributed by atoms with Gasteiger partial charge in [-0.25, -0.2) is 0 Å². The molecule has 0 amide bonds. The zero-order valence-corrected chi connectivity index (χ0v) is 10.7. The van der Waals surface area contributed by atoms with Crippen molar-refractivity contribution >= 4 is 38.1 Å². The van der Waals surface area contributed by atoms with Crippen LogP contribution in [0.15, 0.2) is 22.7 Å². The van der Waals surface area contributed by atoms with Gasteiger partial charge in [0.25, 0.3) is 0 Å². The molecule has 0 radical (unpaired) electrons. The molecule has 0 N–H and O–H groups in total. The highest BCUT2D eigenvalue weighted by atomic mass is 79.9. The Morgan fingerprint density at radius 1 is 1.43 bits per heavy atom. The van der Waals surface area contributed by atoms with Crippen LogP contribution in [0.2, 0.25) is 0 Å². The van der Waals surface area contributed by atoms with E-state index in [-0.39, 0.29) is 0 Å². The van der Waals surface area contributed by atoms with Gasteiger partial charge in [-0.1, -0.05) is 22.0 Å². The van der Waals surface area contributed by atoms with Gasteiger partial charge in [-0.3, -0.25) is 4.79 Å². The lowest BCUT2D eigenvalue weighted by molar-refractivity contribution is 0.111. The molecule has 4 heteroatoms. The number of benzene rings is 1. The molecule has 0 bridgehead atoms. The third kappa shape index (κ3) is 3.10. The van der Waals surface area contributed by atoms with Crippen molar-refractivity contribution in [2.75, 3.05) is 11.9 Å². The second-order valence-corrected chi connectivity index (χ2v) is 4.31. The van der Waals surface area contributed by atoms with E-state index < -0.39 is 0 Å². The van der Waals surface area contributed by atoms with E-state index >= 15 is 0 Å². The number of carbonyl (C=O) groups is 1. The van der Waals surface area contributed by atoms with E-state index in [1.807, 2.05) is 12.1 Å². The number of aldehydes is 1. The van der Waals surface area contributed by atoms with Crippen LogP contribution >= 0.6 is 31.9 Å². The summed E-state index contributed by atoms with van der Waals surface area (Å²) in [6, 6.07) is 5.46. The lowest BCUT2D eigenvalue weighted by Gasteiger charge is -2.08. The molecule has 2 nitrogen and oxygen atoms in total. The normalized spacial score (nSPS) is 9.86. The maximum Gasteiger partial charge on any atom is 0.154 e. The van der Waals surface area contributed by atoms with Gasteiger partial charge in [0.1, 0.15) is 5.75 Å². The second-order valence-electron chi connectivity index (χ2n) is 2.66. The first kappa shape index (κ1) is 11.7. The number of halogens is 2. The van der Waals surface area contributed by atoms with Crippen molar-refractivity contribution in [2.45, 2.75) is 6.42 Å². The molecule has 0 aromatic heterocycles. The van der Waals surface area contributed by atoms with E-state index in [4.69, 9.17) is 4.74 Å². The molecule has 0 atom stereocenters. The average molecular weight is 322 g/mol. The van der Waals surface area contributed by atoms with Gasteiger partial charge < -0.3 is 4.74 Å². The van der Waals surface area contributed by atoms with Crippen LogP contribution in [-0.4, -0.2) is 18.2 Å². The molecule has 0 aliphatic rings. The van der Waals surface area contributed by atoms with E-state index in [2.05, 4.69) is 31.9 Å². The SMILES string of the molecule is O=Cc1c(Br)cccc1OCCCBr. The Hall–Kier alpha value is -0.350. The van der Waals surface area contributed by atoms with E-state index in [9.17, 15) is 4.79 Å². The van der Waals surface area contributed by atoms with Crippen molar-refractivity contribution in [1.29, 1.82) is 0 Å². The third-order valence-electron chi connectivity index (χ3n) is 1.67. The Morgan fingerprint density at radius 2 is 2.21 bits per heavy atom. The van der Waals surface area contributed by atoms with E-state index in [1.54, 1.807) is 6.07 Å². The van der Waals surface area contributed by atoms with Crippen molar-refractivity contribution in [1.82, 2.24) is 0 Å². The average Bonchev–Trinajstić information content (AvgIpc) is 2.18. The fraction of sp³-hybridized carbons (Fsp3) is 0.300. The minimum Gasteiger partial charge on any atom is -0.493 e. The summed E-state index contributed by atoms with van der Waals surface area (Å²) in [5, 5.41) is 0.900. The van der Waals surface area contributed by atoms with E-state index in [0.29, 0.717) is 17.9 Å². The molecule has 14 heavy (non-hydrogen) atoms. The minimum absolute atomic E-state index is 0.571. The standard InChI is InChI=1S/C10H10Br2O2/c11-5-2-6-14-10-4-1-3-9(12)8(10)7-13/h1,3-4,7H,2,5-6H2. The molecular formula is C10H10Br2O2. The smallest absolute Gasteiger partial charge is 0.154 e. The maximum atomic E-state index is 10.8. The quantitative estimate of drug-likeness (QED) is 0.472. The fourth-order valence-corrected chi connectivity index (χ4v) is 1.66. The van der Waals surface area contributed by atoms with Crippen LogP contribution in [0.1, 0.15) is 16.8 Å². The van der Waals surface area contributed by atoms with Gasteiger partial charge >= 0.3 is 0 Å². The second kappa shape index (κ2) is 6.19. The molecule has 0 heterocycles. The lowest BCUT2D eigenvalue weighted by Crippen LogP contribution is -2.00. The van der Waals surface area contributed by atoms with Crippen molar-refractivity contribution < 1.29 is 9.53 Å². The number of ether oxygens (including phenoxy) is 1. The minimum atomic E-state index is 0.571. The van der Waals surface area contributed by atoms with Crippen LogP contribution in [0.5, 0.6) is 5.75 Å². The Balaban J connectivity index is 2.75. The molecule has 0 unspecified atom stereocenters. The molecule has 0 fully saturated rings. The van der Waals surface area contributed by atoms with Gasteiger partial charge in [0.15, 0.2) is 6.29 Å². The fourth-order valence-electron chi connectivity index (χ4n) is 0.994. The summed E-state index contributed by atoms with van der Waals surface area (Å²) in [5.41, 5.74) is 0.571. The molecular weight excluding hydrogens is 312 g/mol. The van der Waals surface area contributed by atoms with Crippen LogP contribution in [0, 0.1) is 0 Å². The first-order valence-corrected chi connectivity index (χ1v) is 6.13. The molecule has 0 saturated carbocycles. The van der Waals surface area contributed by atoms with Gasteiger partial charge in [0.2, 0.25) is 0 Å². The van der Waals surface area contributed by atoms with Crippen molar-refractivity contribution in [3.63, 3.8) is 0 Å². The Morgan fingerprint density at radius 3 is 2.86 bits per heavy atom. The summed E-state index contributed by atoms with van der Waals surface area (Å²) < 4.78 is 6.23. The van der Waals surface area contributed by atoms with Gasteiger partial charge in [0, 0.05) is 9.80 Å². The van der Waals surface area contributed by atoms with Crippen LogP contribution in [0.3, 0.4) is 0 Å². The lowest BCUT2D eigenvalue weighted by atomic mass is 10.2. The number of hydrogen-bond donors (Lipinski definition) is 0. The predicted octanol–water partition coefficient (Wildman–Crippen LogP) is 3.43. The number of hydrogen-bond acceptors (Lipinski definition) is 2. The maximum absolute atomic E-state index is 10.8. The van der Waals surface area contributed by atoms with Gasteiger partial charge in [-0.05, 0) is 34.5 Å². The summed E-state index contributed by atoms with van der Waals surface area (Å²) in [4.78, 5) is 10.8. The molecule has 0 spiro atoms. The molecule has 0 saturated heterocycles. The van der Waals surface area contributed by atoms with E-state index in [0.717, 1.165) is 22.5 Å². The molecule has 0 aliphatic heterocycles. The Kier molecular flexibility index (Phi) is 5.19. The molecule has 1 aromatic rings. The molecule has 1 rings (SSSR count). The van der Waals surface area contributed by atoms with Crippen molar-refractivity contribution in [3.8, 4) is 5.75 Å². The number of carbonyl (C=O) groups excluding carboxylic acids is 1. The van der Waals surface area contributed by atoms with Gasteiger partial charge in [-0.15, -0.1) is 0 Å². The zero-order chi connectivity index (χ0) is 10.4.